The Labute approximate surface area is 195 Å². The Hall–Kier alpha value is -3.62. The number of nitrogens with zero attached hydrogens (tertiary/aromatic N) is 1. The molecule has 158 valence electrons. The van der Waals surface area contributed by atoms with Crippen LogP contribution in [-0.2, 0) is 0 Å². The summed E-state index contributed by atoms with van der Waals surface area (Å²) in [6.45, 7) is 4.02. The van der Waals surface area contributed by atoms with Crippen LogP contribution in [-0.4, -0.2) is 5.97 Å². The summed E-state index contributed by atoms with van der Waals surface area (Å²) in [6, 6.07) is 26.0. The number of halogens is 1. The summed E-state index contributed by atoms with van der Waals surface area (Å²) in [6.07, 6.45) is 0. The fourth-order valence-electron chi connectivity index (χ4n) is 3.53. The normalized spacial score (nSPS) is 10.7. The molecule has 0 saturated carbocycles. The molecule has 1 aromatic heterocycles. The van der Waals surface area contributed by atoms with Crippen molar-refractivity contribution in [3.05, 3.63) is 100 Å². The van der Waals surface area contributed by atoms with Crippen LogP contribution in [0.3, 0.4) is 0 Å². The first-order valence-electron chi connectivity index (χ1n) is 10.2. The van der Waals surface area contributed by atoms with Gasteiger partial charge in [0.1, 0.15) is 23.1 Å². The number of carbonyl (C=O) groups is 1. The maximum atomic E-state index is 12.8. The topological polar surface area (TPSA) is 63.2 Å². The van der Waals surface area contributed by atoms with Crippen molar-refractivity contribution in [3.8, 4) is 34.3 Å². The molecule has 0 aliphatic carbocycles. The zero-order valence-electron chi connectivity index (χ0n) is 17.6. The third-order valence-electron chi connectivity index (χ3n) is 5.05. The predicted molar refractivity (Wildman–Crippen MR) is 127 cm³/mol. The molecule has 4 aromatic rings. The number of ether oxygens (including phenoxy) is 1. The summed E-state index contributed by atoms with van der Waals surface area (Å²) in [5.41, 5.74) is 2.98. The van der Waals surface area contributed by atoms with Gasteiger partial charge < -0.3 is 9.15 Å². The van der Waals surface area contributed by atoms with E-state index in [1.807, 2.05) is 56.3 Å². The van der Waals surface area contributed by atoms with Gasteiger partial charge in [-0.05, 0) is 30.3 Å². The molecule has 0 radical (unpaired) electrons. The first kappa shape index (κ1) is 21.6. The average Bonchev–Trinajstić information content (AvgIpc) is 3.20. The average molecular weight is 486 g/mol. The van der Waals surface area contributed by atoms with E-state index in [1.165, 1.54) is 0 Å². The third-order valence-corrected chi connectivity index (χ3v) is 5.58. The van der Waals surface area contributed by atoms with Gasteiger partial charge >= 0.3 is 5.97 Å². The SMILES string of the molecule is CC(C)c1oc(-c2ccccc2)c(C#N)c1-c1ccccc1OC(=O)c1ccc(Br)cc1. The van der Waals surface area contributed by atoms with Gasteiger partial charge in [-0.15, -0.1) is 0 Å². The maximum absolute atomic E-state index is 12.8. The molecule has 3 aromatic carbocycles. The Morgan fingerprint density at radius 3 is 2.28 bits per heavy atom. The number of nitriles is 1. The number of furan rings is 1. The quantitative estimate of drug-likeness (QED) is 0.215. The highest BCUT2D eigenvalue weighted by atomic mass is 79.9. The summed E-state index contributed by atoms with van der Waals surface area (Å²) < 4.78 is 12.9. The lowest BCUT2D eigenvalue weighted by molar-refractivity contribution is 0.0735. The first-order valence-corrected chi connectivity index (χ1v) is 11.0. The van der Waals surface area contributed by atoms with E-state index in [-0.39, 0.29) is 5.92 Å². The van der Waals surface area contributed by atoms with E-state index in [0.29, 0.717) is 39.5 Å². The summed E-state index contributed by atoms with van der Waals surface area (Å²) >= 11 is 3.37. The lowest BCUT2D eigenvalue weighted by atomic mass is 9.94. The van der Waals surface area contributed by atoms with Gasteiger partial charge in [0.15, 0.2) is 5.76 Å². The zero-order chi connectivity index (χ0) is 22.7. The van der Waals surface area contributed by atoms with Crippen LogP contribution in [0, 0.1) is 11.3 Å². The Morgan fingerprint density at radius 2 is 1.62 bits per heavy atom. The molecular formula is C27H20BrNO3. The minimum atomic E-state index is -0.471. The van der Waals surface area contributed by atoms with E-state index >= 15 is 0 Å². The van der Waals surface area contributed by atoms with E-state index in [4.69, 9.17) is 9.15 Å². The van der Waals surface area contributed by atoms with Crippen molar-refractivity contribution in [2.45, 2.75) is 19.8 Å². The molecule has 1 heterocycles. The van der Waals surface area contributed by atoms with Crippen molar-refractivity contribution in [2.75, 3.05) is 0 Å². The molecule has 0 amide bonds. The van der Waals surface area contributed by atoms with Gasteiger partial charge in [0.25, 0.3) is 0 Å². The highest BCUT2D eigenvalue weighted by Gasteiger charge is 2.27. The van der Waals surface area contributed by atoms with Gasteiger partial charge in [-0.25, -0.2) is 4.79 Å². The number of benzene rings is 3. The van der Waals surface area contributed by atoms with Gasteiger partial charge in [0, 0.05) is 27.1 Å². The van der Waals surface area contributed by atoms with Crippen LogP contribution >= 0.6 is 15.9 Å². The highest BCUT2D eigenvalue weighted by molar-refractivity contribution is 9.10. The van der Waals surface area contributed by atoms with Gasteiger partial charge in [0.2, 0.25) is 0 Å². The van der Waals surface area contributed by atoms with Crippen LogP contribution in [0.25, 0.3) is 22.5 Å². The highest BCUT2D eigenvalue weighted by Crippen LogP contribution is 2.44. The molecule has 0 bridgehead atoms. The molecule has 0 fully saturated rings. The van der Waals surface area contributed by atoms with Crippen LogP contribution in [0.4, 0.5) is 0 Å². The molecule has 0 unspecified atom stereocenters. The van der Waals surface area contributed by atoms with Crippen molar-refractivity contribution < 1.29 is 13.9 Å². The Bertz CT molecular complexity index is 1300. The number of rotatable bonds is 5. The van der Waals surface area contributed by atoms with Crippen LogP contribution < -0.4 is 4.74 Å². The zero-order valence-corrected chi connectivity index (χ0v) is 19.2. The van der Waals surface area contributed by atoms with Crippen LogP contribution in [0.2, 0.25) is 0 Å². The third kappa shape index (κ3) is 4.23. The Balaban J connectivity index is 1.84. The van der Waals surface area contributed by atoms with Gasteiger partial charge in [0.05, 0.1) is 5.56 Å². The summed E-state index contributed by atoms with van der Waals surface area (Å²) in [4.78, 5) is 12.8. The first-order chi connectivity index (χ1) is 15.5. The molecule has 0 atom stereocenters. The standard InChI is InChI=1S/C27H20BrNO3/c1-17(2)25-24(22(16-29)26(32-25)18-8-4-3-5-9-18)21-10-6-7-11-23(21)31-27(30)19-12-14-20(28)15-13-19/h3-15,17H,1-2H3. The molecule has 5 heteroatoms. The number of carbonyl (C=O) groups excluding carboxylic acids is 1. The van der Waals surface area contributed by atoms with E-state index < -0.39 is 5.97 Å². The van der Waals surface area contributed by atoms with Gasteiger partial charge in [-0.3, -0.25) is 0 Å². The molecule has 0 aliphatic rings. The number of para-hydroxylation sites is 1. The number of hydrogen-bond acceptors (Lipinski definition) is 4. The van der Waals surface area contributed by atoms with Crippen LogP contribution in [0.1, 0.15) is 41.4 Å². The number of esters is 1. The van der Waals surface area contributed by atoms with Crippen molar-refractivity contribution in [2.24, 2.45) is 0 Å². The molecule has 0 saturated heterocycles. The van der Waals surface area contributed by atoms with E-state index in [9.17, 15) is 10.1 Å². The lowest BCUT2D eigenvalue weighted by Crippen LogP contribution is -2.09. The molecule has 0 spiro atoms. The lowest BCUT2D eigenvalue weighted by Gasteiger charge is -2.12. The minimum absolute atomic E-state index is 0.0183. The maximum Gasteiger partial charge on any atom is 0.343 e. The molecule has 4 nitrogen and oxygen atoms in total. The monoisotopic (exact) mass is 485 g/mol. The fraction of sp³-hybridized carbons (Fsp3) is 0.111. The predicted octanol–water partition coefficient (Wildman–Crippen LogP) is 7.59. The molecular weight excluding hydrogens is 466 g/mol. The van der Waals surface area contributed by atoms with Crippen molar-refractivity contribution in [1.82, 2.24) is 0 Å². The van der Waals surface area contributed by atoms with E-state index in [0.717, 1.165) is 10.0 Å². The summed E-state index contributed by atoms with van der Waals surface area (Å²) in [5.74, 6) is 1.11. The van der Waals surface area contributed by atoms with E-state index in [2.05, 4.69) is 22.0 Å². The van der Waals surface area contributed by atoms with Crippen molar-refractivity contribution in [3.63, 3.8) is 0 Å². The van der Waals surface area contributed by atoms with E-state index in [1.54, 1.807) is 36.4 Å². The second-order valence-corrected chi connectivity index (χ2v) is 8.49. The molecule has 0 N–H and O–H groups in total. The Morgan fingerprint density at radius 1 is 0.969 bits per heavy atom. The second kappa shape index (κ2) is 9.25. The Kier molecular flexibility index (Phi) is 6.25. The van der Waals surface area contributed by atoms with Crippen molar-refractivity contribution in [1.29, 1.82) is 5.26 Å². The minimum Gasteiger partial charge on any atom is -0.459 e. The van der Waals surface area contributed by atoms with Gasteiger partial charge in [-0.2, -0.15) is 5.26 Å². The van der Waals surface area contributed by atoms with Crippen LogP contribution in [0.15, 0.2) is 87.8 Å². The smallest absolute Gasteiger partial charge is 0.343 e. The molecule has 32 heavy (non-hydrogen) atoms. The summed E-state index contributed by atoms with van der Waals surface area (Å²) in [7, 11) is 0. The summed E-state index contributed by atoms with van der Waals surface area (Å²) in [5, 5.41) is 10.1. The van der Waals surface area contributed by atoms with Crippen molar-refractivity contribution >= 4 is 21.9 Å². The largest absolute Gasteiger partial charge is 0.459 e. The number of hydrogen-bond donors (Lipinski definition) is 0. The second-order valence-electron chi connectivity index (χ2n) is 7.57. The molecule has 0 aliphatic heterocycles. The molecule has 4 rings (SSSR count). The fourth-order valence-corrected chi connectivity index (χ4v) is 3.79. The van der Waals surface area contributed by atoms with Gasteiger partial charge in [-0.1, -0.05) is 78.3 Å². The van der Waals surface area contributed by atoms with Crippen LogP contribution in [0.5, 0.6) is 5.75 Å².